The van der Waals surface area contributed by atoms with Crippen molar-refractivity contribution in [3.63, 3.8) is 0 Å². The van der Waals surface area contributed by atoms with Crippen molar-refractivity contribution < 1.29 is 36.2 Å². The number of aliphatic hydroxyl groups excluding tert-OH is 1. The van der Waals surface area contributed by atoms with E-state index in [1.54, 1.807) is 19.1 Å². The molecule has 2 atom stereocenters. The van der Waals surface area contributed by atoms with Crippen molar-refractivity contribution in [2.75, 3.05) is 6.61 Å². The maximum absolute atomic E-state index is 12.8. The Kier molecular flexibility index (Phi) is 19.9. The van der Waals surface area contributed by atoms with Gasteiger partial charge in [-0.1, -0.05) is 129 Å². The quantitative estimate of drug-likeness (QED) is 0.0870. The number of aliphatic hydroxyl groups is 1. The van der Waals surface area contributed by atoms with E-state index in [1.807, 2.05) is 50.4 Å². The maximum Gasteiger partial charge on any atom is 0.416 e. The molecule has 0 aliphatic heterocycles. The van der Waals surface area contributed by atoms with Crippen molar-refractivity contribution >= 4 is 34.0 Å². The van der Waals surface area contributed by atoms with Gasteiger partial charge in [0.05, 0.1) is 17.2 Å². The van der Waals surface area contributed by atoms with Gasteiger partial charge in [-0.05, 0) is 102 Å². The second-order valence-corrected chi connectivity index (χ2v) is 12.9. The number of hydrogen-bond acceptors (Lipinski definition) is 4. The predicted octanol–water partition coefficient (Wildman–Crippen LogP) is 13.0. The summed E-state index contributed by atoms with van der Waals surface area (Å²) in [5, 5.41) is 12.4. The molecule has 304 valence electrons. The number of halogens is 6. The van der Waals surface area contributed by atoms with Crippen LogP contribution in [-0.2, 0) is 30.0 Å². The molecule has 0 amide bonds. The molecule has 6 rings (SSSR count). The smallest absolute Gasteiger partial charge is 0.397 e. The summed E-state index contributed by atoms with van der Waals surface area (Å²) < 4.78 is 74.9. The highest BCUT2D eigenvalue weighted by Gasteiger charge is 2.31. The SMILES string of the molecule is C.CCO.C[C@@H](N)c1cccc2ccccc12.C[C@@H](N=CCCc1cccc(C(F)(F)F)c1)c1cccc2ccccc12.O=CCCc1cccc(C(F)(F)F)c1. The standard InChI is InChI=1S/C22H20F3N.C12H13N.C10H9F3O.C2H6O.CH4/c1-16(20-13-5-10-18-9-2-3-12-21(18)20)26-14-6-8-17-7-4-11-19(15-17)22(23,24)25;1-9(13)11-8-4-6-10-5-2-3-7-12(10)11;11-10(12,13)9-5-1-3-8(7-9)4-2-6-14;1-2-3;/h2-5,7,9-16H,6,8H2,1H3;2-9H,13H2,1H3;1,3,5-7H,2,4H2;3H,2H2,1H3;1H4/t16-;9-;;;/m11.../s1. The summed E-state index contributed by atoms with van der Waals surface area (Å²) in [5.74, 6) is 0. The molecule has 0 unspecified atom stereocenters. The Hall–Kier alpha value is -5.32. The second kappa shape index (κ2) is 23.7. The molecule has 0 saturated heterocycles. The van der Waals surface area contributed by atoms with Gasteiger partial charge in [-0.2, -0.15) is 26.3 Å². The van der Waals surface area contributed by atoms with Crippen molar-refractivity contribution in [3.05, 3.63) is 167 Å². The Balaban J connectivity index is 0.000000306. The number of carbonyl (C=O) groups excluding carboxylic acids is 1. The zero-order valence-electron chi connectivity index (χ0n) is 31.7. The van der Waals surface area contributed by atoms with E-state index in [0.717, 1.165) is 23.8 Å². The van der Waals surface area contributed by atoms with Gasteiger partial charge < -0.3 is 15.6 Å². The fourth-order valence-electron chi connectivity index (χ4n) is 5.84. The van der Waals surface area contributed by atoms with E-state index in [9.17, 15) is 31.1 Å². The minimum atomic E-state index is -4.31. The third-order valence-electron chi connectivity index (χ3n) is 8.54. The maximum atomic E-state index is 12.8. The first-order valence-corrected chi connectivity index (χ1v) is 18.3. The molecule has 0 radical (unpaired) electrons. The van der Waals surface area contributed by atoms with Gasteiger partial charge in [-0.15, -0.1) is 0 Å². The Morgan fingerprint density at radius 3 is 1.49 bits per heavy atom. The fraction of sp³-hybridized carbons (Fsp3) is 0.277. The number of alkyl halides is 6. The lowest BCUT2D eigenvalue weighted by Gasteiger charge is -2.11. The number of aliphatic imine (C=N–C) groups is 1. The first kappa shape index (κ1) is 47.8. The average Bonchev–Trinajstić information content (AvgIpc) is 3.18. The topological polar surface area (TPSA) is 75.7 Å². The molecule has 6 aromatic rings. The van der Waals surface area contributed by atoms with Gasteiger partial charge in [0.15, 0.2) is 0 Å². The molecule has 0 aliphatic carbocycles. The van der Waals surface area contributed by atoms with E-state index in [1.165, 1.54) is 45.3 Å². The van der Waals surface area contributed by atoms with Crippen molar-refractivity contribution in [2.45, 2.75) is 78.3 Å². The van der Waals surface area contributed by atoms with E-state index < -0.39 is 23.5 Å². The highest BCUT2D eigenvalue weighted by Crippen LogP contribution is 2.31. The molecule has 3 N–H and O–H groups in total. The fourth-order valence-corrected chi connectivity index (χ4v) is 5.84. The molecular formula is C47H52F6N2O2. The Morgan fingerprint density at radius 2 is 1.04 bits per heavy atom. The van der Waals surface area contributed by atoms with Crippen LogP contribution in [0, 0.1) is 0 Å². The summed E-state index contributed by atoms with van der Waals surface area (Å²) in [6.07, 6.45) is -4.35. The minimum absolute atomic E-state index is 0. The van der Waals surface area contributed by atoms with Crippen LogP contribution in [0.2, 0.25) is 0 Å². The van der Waals surface area contributed by atoms with Crippen LogP contribution in [0.3, 0.4) is 0 Å². The van der Waals surface area contributed by atoms with Gasteiger partial charge in [0.25, 0.3) is 0 Å². The Bertz CT molecular complexity index is 2120. The third-order valence-corrected chi connectivity index (χ3v) is 8.54. The summed E-state index contributed by atoms with van der Waals surface area (Å²) in [6, 6.07) is 39.5. The van der Waals surface area contributed by atoms with Crippen LogP contribution in [-0.4, -0.2) is 24.2 Å². The predicted molar refractivity (Wildman–Crippen MR) is 222 cm³/mol. The number of rotatable bonds is 9. The summed E-state index contributed by atoms with van der Waals surface area (Å²) >= 11 is 0. The van der Waals surface area contributed by atoms with Crippen LogP contribution in [0.1, 0.15) is 86.5 Å². The van der Waals surface area contributed by atoms with Crippen LogP contribution < -0.4 is 5.73 Å². The molecule has 0 heterocycles. The third kappa shape index (κ3) is 15.6. The lowest BCUT2D eigenvalue weighted by atomic mass is 10.00. The zero-order chi connectivity index (χ0) is 41.1. The highest BCUT2D eigenvalue weighted by atomic mass is 19.4. The summed E-state index contributed by atoms with van der Waals surface area (Å²) in [5.41, 5.74) is 8.19. The van der Waals surface area contributed by atoms with E-state index in [-0.39, 0.29) is 32.5 Å². The Labute approximate surface area is 332 Å². The summed E-state index contributed by atoms with van der Waals surface area (Å²) in [4.78, 5) is 14.6. The van der Waals surface area contributed by atoms with Gasteiger partial charge in [0, 0.05) is 19.1 Å². The summed E-state index contributed by atoms with van der Waals surface area (Å²) in [7, 11) is 0. The molecule has 6 aromatic carbocycles. The van der Waals surface area contributed by atoms with Crippen LogP contribution in [0.15, 0.2) is 138 Å². The van der Waals surface area contributed by atoms with Crippen LogP contribution >= 0.6 is 0 Å². The number of nitrogens with two attached hydrogens (primary N) is 1. The minimum Gasteiger partial charge on any atom is -0.397 e. The molecular weight excluding hydrogens is 739 g/mol. The first-order chi connectivity index (χ1) is 26.7. The van der Waals surface area contributed by atoms with Crippen LogP contribution in [0.25, 0.3) is 21.5 Å². The zero-order valence-corrected chi connectivity index (χ0v) is 31.7. The molecule has 0 saturated carbocycles. The van der Waals surface area contributed by atoms with Gasteiger partial charge >= 0.3 is 12.4 Å². The number of nitrogens with zero attached hydrogens (tertiary/aromatic N) is 1. The summed E-state index contributed by atoms with van der Waals surface area (Å²) in [6.45, 7) is 5.98. The number of aryl methyl sites for hydroxylation is 2. The second-order valence-electron chi connectivity index (χ2n) is 12.9. The van der Waals surface area contributed by atoms with E-state index >= 15 is 0 Å². The molecule has 4 nitrogen and oxygen atoms in total. The lowest BCUT2D eigenvalue weighted by Crippen LogP contribution is -2.05. The van der Waals surface area contributed by atoms with Gasteiger partial charge in [-0.25, -0.2) is 0 Å². The lowest BCUT2D eigenvalue weighted by molar-refractivity contribution is -0.138. The molecule has 0 fully saturated rings. The Morgan fingerprint density at radius 1 is 0.632 bits per heavy atom. The highest BCUT2D eigenvalue weighted by molar-refractivity contribution is 5.87. The van der Waals surface area contributed by atoms with Gasteiger partial charge in [-0.3, -0.25) is 4.99 Å². The normalized spacial score (nSPS) is 12.2. The van der Waals surface area contributed by atoms with Crippen molar-refractivity contribution in [3.8, 4) is 0 Å². The molecule has 0 spiro atoms. The number of fused-ring (bicyclic) bond motifs is 2. The number of carbonyl (C=O) groups is 1. The van der Waals surface area contributed by atoms with E-state index in [4.69, 9.17) is 10.8 Å². The van der Waals surface area contributed by atoms with Gasteiger partial charge in [0.2, 0.25) is 0 Å². The number of benzene rings is 6. The van der Waals surface area contributed by atoms with Gasteiger partial charge in [0.1, 0.15) is 6.29 Å². The number of hydrogen-bond donors (Lipinski definition) is 2. The van der Waals surface area contributed by atoms with Crippen LogP contribution in [0.4, 0.5) is 26.3 Å². The van der Waals surface area contributed by atoms with Crippen molar-refractivity contribution in [2.24, 2.45) is 10.7 Å². The largest absolute Gasteiger partial charge is 0.416 e. The van der Waals surface area contributed by atoms with Crippen molar-refractivity contribution in [1.82, 2.24) is 0 Å². The van der Waals surface area contributed by atoms with E-state index in [0.29, 0.717) is 36.7 Å². The molecule has 10 heteroatoms. The monoisotopic (exact) mass is 790 g/mol. The average molecular weight is 791 g/mol. The number of aldehydes is 1. The van der Waals surface area contributed by atoms with Crippen molar-refractivity contribution in [1.29, 1.82) is 0 Å². The molecule has 0 aliphatic rings. The first-order valence-electron chi connectivity index (χ1n) is 18.3. The molecule has 57 heavy (non-hydrogen) atoms. The molecule has 0 aromatic heterocycles. The van der Waals surface area contributed by atoms with E-state index in [2.05, 4.69) is 59.6 Å². The van der Waals surface area contributed by atoms with Crippen LogP contribution in [0.5, 0.6) is 0 Å². The molecule has 0 bridgehead atoms.